The fraction of sp³-hybridized carbons (Fsp3) is 0.286. The monoisotopic (exact) mass is 417 g/mol. The summed E-state index contributed by atoms with van der Waals surface area (Å²) in [5.74, 6) is -0.635. The van der Waals surface area contributed by atoms with Gasteiger partial charge in [-0.2, -0.15) is 0 Å². The molecular formula is C21H20ClNO4S. The summed E-state index contributed by atoms with van der Waals surface area (Å²) in [7, 11) is 0. The third-order valence-electron chi connectivity index (χ3n) is 4.38. The number of carbonyl (C=O) groups is 3. The van der Waals surface area contributed by atoms with Gasteiger partial charge >= 0.3 is 5.97 Å². The van der Waals surface area contributed by atoms with Crippen LogP contribution in [0.15, 0.2) is 53.4 Å². The summed E-state index contributed by atoms with van der Waals surface area (Å²) in [4.78, 5) is 38.8. The maximum Gasteiger partial charge on any atom is 0.319 e. The van der Waals surface area contributed by atoms with Gasteiger partial charge in [-0.25, -0.2) is 0 Å². The molecule has 1 fully saturated rings. The number of benzene rings is 2. The number of anilines is 1. The lowest BCUT2D eigenvalue weighted by Gasteiger charge is -2.15. The molecule has 146 valence electrons. The lowest BCUT2D eigenvalue weighted by molar-refractivity contribution is -0.141. The summed E-state index contributed by atoms with van der Waals surface area (Å²) in [5, 5.41) is 0.183. The Kier molecular flexibility index (Phi) is 6.75. The number of hydrogen-bond donors (Lipinski definition) is 0. The molecule has 1 saturated heterocycles. The maximum atomic E-state index is 12.3. The molecule has 0 radical (unpaired) electrons. The number of halogens is 1. The molecule has 0 bridgehead atoms. The number of rotatable bonds is 7. The molecule has 0 spiro atoms. The number of thioether (sulfide) groups is 1. The molecule has 3 rings (SSSR count). The van der Waals surface area contributed by atoms with Gasteiger partial charge in [0.05, 0.1) is 0 Å². The van der Waals surface area contributed by atoms with Crippen LogP contribution in [0.25, 0.3) is 0 Å². The van der Waals surface area contributed by atoms with E-state index < -0.39 is 11.2 Å². The van der Waals surface area contributed by atoms with Crippen molar-refractivity contribution in [2.24, 2.45) is 0 Å². The highest BCUT2D eigenvalue weighted by Gasteiger charge is 2.22. The van der Waals surface area contributed by atoms with E-state index in [0.29, 0.717) is 23.6 Å². The van der Waals surface area contributed by atoms with Gasteiger partial charge < -0.3 is 9.64 Å². The average Bonchev–Trinajstić information content (AvgIpc) is 3.13. The first kappa shape index (κ1) is 20.4. The second-order valence-corrected chi connectivity index (χ2v) is 8.29. The van der Waals surface area contributed by atoms with Gasteiger partial charge in [-0.3, -0.25) is 14.4 Å². The number of ether oxygens (including phenoxy) is 1. The van der Waals surface area contributed by atoms with Crippen LogP contribution in [0.1, 0.15) is 30.1 Å². The minimum absolute atomic E-state index is 0.0974. The van der Waals surface area contributed by atoms with E-state index in [1.54, 1.807) is 48.2 Å². The summed E-state index contributed by atoms with van der Waals surface area (Å²) in [6.07, 6.45) is 1.41. The van der Waals surface area contributed by atoms with Gasteiger partial charge in [0.15, 0.2) is 12.4 Å². The Morgan fingerprint density at radius 1 is 1.14 bits per heavy atom. The van der Waals surface area contributed by atoms with Crippen LogP contribution in [0, 0.1) is 0 Å². The fourth-order valence-corrected chi connectivity index (χ4v) is 3.84. The smallest absolute Gasteiger partial charge is 0.319 e. The van der Waals surface area contributed by atoms with Crippen molar-refractivity contribution in [1.29, 1.82) is 0 Å². The molecule has 0 N–H and O–H groups in total. The van der Waals surface area contributed by atoms with E-state index in [1.807, 2.05) is 12.1 Å². The standard InChI is InChI=1S/C21H20ClNO4S/c1-14(28-18-10-6-16(22)7-11-18)21(26)27-13-19(24)15-4-8-17(9-5-15)23-12-2-3-20(23)25/h4-11,14H,2-3,12-13H2,1H3/t14-/m0/s1. The summed E-state index contributed by atoms with van der Waals surface area (Å²) < 4.78 is 5.16. The van der Waals surface area contributed by atoms with Crippen LogP contribution in [0.3, 0.4) is 0 Å². The Balaban J connectivity index is 1.50. The number of amides is 1. The van der Waals surface area contributed by atoms with Crippen molar-refractivity contribution in [3.63, 3.8) is 0 Å². The van der Waals surface area contributed by atoms with E-state index in [4.69, 9.17) is 16.3 Å². The van der Waals surface area contributed by atoms with Crippen LogP contribution < -0.4 is 4.90 Å². The van der Waals surface area contributed by atoms with Crippen LogP contribution in [-0.2, 0) is 14.3 Å². The first-order valence-electron chi connectivity index (χ1n) is 8.96. The molecule has 2 aromatic carbocycles. The summed E-state index contributed by atoms with van der Waals surface area (Å²) in [5.41, 5.74) is 1.23. The van der Waals surface area contributed by atoms with Gasteiger partial charge in [-0.05, 0) is 61.9 Å². The molecule has 1 aliphatic rings. The van der Waals surface area contributed by atoms with Crippen molar-refractivity contribution in [1.82, 2.24) is 0 Å². The van der Waals surface area contributed by atoms with Gasteiger partial charge in [0.25, 0.3) is 0 Å². The Morgan fingerprint density at radius 2 is 1.82 bits per heavy atom. The van der Waals surface area contributed by atoms with Crippen molar-refractivity contribution >= 4 is 46.7 Å². The van der Waals surface area contributed by atoms with E-state index in [9.17, 15) is 14.4 Å². The molecule has 0 aliphatic carbocycles. The van der Waals surface area contributed by atoms with Gasteiger partial charge in [0.2, 0.25) is 5.91 Å². The van der Waals surface area contributed by atoms with Crippen molar-refractivity contribution in [3.05, 3.63) is 59.1 Å². The highest BCUT2D eigenvalue weighted by atomic mass is 35.5. The van der Waals surface area contributed by atoms with E-state index in [2.05, 4.69) is 0 Å². The second kappa shape index (κ2) is 9.26. The zero-order valence-corrected chi connectivity index (χ0v) is 17.0. The topological polar surface area (TPSA) is 63.7 Å². The van der Waals surface area contributed by atoms with Crippen molar-refractivity contribution in [3.8, 4) is 0 Å². The van der Waals surface area contributed by atoms with Crippen LogP contribution >= 0.6 is 23.4 Å². The molecule has 1 heterocycles. The van der Waals surface area contributed by atoms with E-state index in [0.717, 1.165) is 17.0 Å². The minimum Gasteiger partial charge on any atom is -0.456 e. The van der Waals surface area contributed by atoms with Crippen LogP contribution in [-0.4, -0.2) is 36.1 Å². The molecular weight excluding hydrogens is 398 g/mol. The zero-order chi connectivity index (χ0) is 20.1. The molecule has 1 aliphatic heterocycles. The molecule has 1 amide bonds. The van der Waals surface area contributed by atoms with Gasteiger partial charge in [0.1, 0.15) is 5.25 Å². The highest BCUT2D eigenvalue weighted by molar-refractivity contribution is 8.00. The molecule has 0 unspecified atom stereocenters. The maximum absolute atomic E-state index is 12.3. The van der Waals surface area contributed by atoms with Crippen molar-refractivity contribution in [2.75, 3.05) is 18.1 Å². The van der Waals surface area contributed by atoms with Crippen LogP contribution in [0.5, 0.6) is 0 Å². The normalized spacial score (nSPS) is 14.8. The second-order valence-electron chi connectivity index (χ2n) is 6.44. The lowest BCUT2D eigenvalue weighted by Crippen LogP contribution is -2.24. The third-order valence-corrected chi connectivity index (χ3v) is 5.72. The highest BCUT2D eigenvalue weighted by Crippen LogP contribution is 2.25. The van der Waals surface area contributed by atoms with Gasteiger partial charge in [-0.15, -0.1) is 11.8 Å². The quantitative estimate of drug-likeness (QED) is 0.380. The zero-order valence-electron chi connectivity index (χ0n) is 15.4. The van der Waals surface area contributed by atoms with Crippen molar-refractivity contribution in [2.45, 2.75) is 29.9 Å². The third kappa shape index (κ3) is 5.14. The number of carbonyl (C=O) groups excluding carboxylic acids is 3. The van der Waals surface area contributed by atoms with Gasteiger partial charge in [-0.1, -0.05) is 11.6 Å². The molecule has 1 atom stereocenters. The number of hydrogen-bond acceptors (Lipinski definition) is 5. The number of Topliss-reactive ketones (excluding diaryl/α,β-unsaturated/α-hetero) is 1. The van der Waals surface area contributed by atoms with E-state index in [-0.39, 0.29) is 18.3 Å². The molecule has 5 nitrogen and oxygen atoms in total. The Morgan fingerprint density at radius 3 is 2.43 bits per heavy atom. The van der Waals surface area contributed by atoms with E-state index >= 15 is 0 Å². The number of nitrogens with zero attached hydrogens (tertiary/aromatic N) is 1. The molecule has 0 saturated carbocycles. The summed E-state index contributed by atoms with van der Waals surface area (Å²) >= 11 is 7.19. The first-order chi connectivity index (χ1) is 13.4. The van der Waals surface area contributed by atoms with E-state index in [1.165, 1.54) is 11.8 Å². The Hall–Kier alpha value is -2.31. The predicted molar refractivity (Wildman–Crippen MR) is 110 cm³/mol. The van der Waals surface area contributed by atoms with Crippen LogP contribution in [0.4, 0.5) is 5.69 Å². The predicted octanol–water partition coefficient (Wildman–Crippen LogP) is 4.37. The Bertz CT molecular complexity index is 867. The molecule has 28 heavy (non-hydrogen) atoms. The fourth-order valence-electron chi connectivity index (χ4n) is 2.85. The lowest BCUT2D eigenvalue weighted by atomic mass is 10.1. The Labute approximate surface area is 173 Å². The average molecular weight is 418 g/mol. The molecule has 2 aromatic rings. The minimum atomic E-state index is -0.451. The summed E-state index contributed by atoms with van der Waals surface area (Å²) in [6, 6.07) is 14.0. The number of ketones is 1. The van der Waals surface area contributed by atoms with Gasteiger partial charge in [0, 0.05) is 34.1 Å². The largest absolute Gasteiger partial charge is 0.456 e. The van der Waals surface area contributed by atoms with Crippen LogP contribution in [0.2, 0.25) is 5.02 Å². The molecule has 0 aromatic heterocycles. The SMILES string of the molecule is C[C@H](Sc1ccc(Cl)cc1)C(=O)OCC(=O)c1ccc(N2CCCC2=O)cc1. The molecule has 7 heteroatoms. The summed E-state index contributed by atoms with van der Waals surface area (Å²) in [6.45, 7) is 2.12. The first-order valence-corrected chi connectivity index (χ1v) is 10.2. The number of esters is 1. The van der Waals surface area contributed by atoms with Crippen molar-refractivity contribution < 1.29 is 19.1 Å².